The number of carbonyl (C=O) groups is 1. The molecule has 0 atom stereocenters. The van der Waals surface area contributed by atoms with Crippen LogP contribution in [0, 0.1) is 0 Å². The fourth-order valence-corrected chi connectivity index (χ4v) is 1.90. The Balaban J connectivity index is 2.18. The van der Waals surface area contributed by atoms with Gasteiger partial charge in [0, 0.05) is 18.9 Å². The monoisotopic (exact) mass is 273 g/mol. The molecule has 0 bridgehead atoms. The molecule has 1 aromatic heterocycles. The maximum atomic E-state index is 11.9. The molecule has 1 aromatic carbocycles. The van der Waals surface area contributed by atoms with Gasteiger partial charge in [0.2, 0.25) is 5.91 Å². The zero-order valence-electron chi connectivity index (χ0n) is 10.9. The highest BCUT2D eigenvalue weighted by Gasteiger charge is 2.06. The molecular formula is C14H15N3O3. The molecule has 20 heavy (non-hydrogen) atoms. The molecule has 0 aliphatic rings. The summed E-state index contributed by atoms with van der Waals surface area (Å²) >= 11 is 0. The van der Waals surface area contributed by atoms with E-state index in [0.29, 0.717) is 13.0 Å². The van der Waals surface area contributed by atoms with Crippen LogP contribution in [0.4, 0.5) is 0 Å². The van der Waals surface area contributed by atoms with E-state index < -0.39 is 17.0 Å². The number of carbonyl (C=O) groups excluding carboxylic acids is 1. The van der Waals surface area contributed by atoms with Crippen molar-refractivity contribution in [3.8, 4) is 0 Å². The van der Waals surface area contributed by atoms with Gasteiger partial charge in [0.05, 0.1) is 0 Å². The van der Waals surface area contributed by atoms with Gasteiger partial charge in [-0.2, -0.15) is 0 Å². The SMILES string of the molecule is NC(=O)Cn1ccn(CCc2ccccc2)c(=O)c1=O. The van der Waals surface area contributed by atoms with E-state index in [1.807, 2.05) is 30.3 Å². The van der Waals surface area contributed by atoms with Crippen molar-refractivity contribution in [1.29, 1.82) is 0 Å². The number of amides is 1. The van der Waals surface area contributed by atoms with Gasteiger partial charge in [-0.3, -0.25) is 19.0 Å². The summed E-state index contributed by atoms with van der Waals surface area (Å²) in [4.78, 5) is 34.4. The molecule has 0 fully saturated rings. The highest BCUT2D eigenvalue weighted by atomic mass is 16.2. The molecule has 1 amide bonds. The molecule has 0 saturated carbocycles. The fraction of sp³-hybridized carbons (Fsp3) is 0.214. The van der Waals surface area contributed by atoms with Gasteiger partial charge in [-0.25, -0.2) is 0 Å². The lowest BCUT2D eigenvalue weighted by molar-refractivity contribution is -0.118. The lowest BCUT2D eigenvalue weighted by Gasteiger charge is -2.07. The summed E-state index contributed by atoms with van der Waals surface area (Å²) in [5, 5.41) is 0. The average molecular weight is 273 g/mol. The van der Waals surface area contributed by atoms with Gasteiger partial charge in [-0.05, 0) is 12.0 Å². The Hall–Kier alpha value is -2.63. The largest absolute Gasteiger partial charge is 0.368 e. The first-order chi connectivity index (χ1) is 9.58. The third kappa shape index (κ3) is 3.23. The smallest absolute Gasteiger partial charge is 0.316 e. The van der Waals surface area contributed by atoms with E-state index in [9.17, 15) is 14.4 Å². The van der Waals surface area contributed by atoms with E-state index in [1.54, 1.807) is 0 Å². The molecule has 0 radical (unpaired) electrons. The molecule has 0 spiro atoms. The van der Waals surface area contributed by atoms with Crippen molar-refractivity contribution in [1.82, 2.24) is 9.13 Å². The van der Waals surface area contributed by atoms with Crippen molar-refractivity contribution in [2.75, 3.05) is 0 Å². The molecule has 1 heterocycles. The van der Waals surface area contributed by atoms with E-state index in [2.05, 4.69) is 0 Å². The number of aromatic nitrogens is 2. The second-order valence-corrected chi connectivity index (χ2v) is 4.43. The number of primary amides is 1. The van der Waals surface area contributed by atoms with Crippen LogP contribution in [0.5, 0.6) is 0 Å². The molecule has 2 aromatic rings. The predicted molar refractivity (Wildman–Crippen MR) is 74.3 cm³/mol. The number of aryl methyl sites for hydroxylation is 2. The number of hydrogen-bond acceptors (Lipinski definition) is 3. The average Bonchev–Trinajstić information content (AvgIpc) is 2.44. The summed E-state index contributed by atoms with van der Waals surface area (Å²) in [6.07, 6.45) is 3.55. The van der Waals surface area contributed by atoms with E-state index in [4.69, 9.17) is 5.73 Å². The molecule has 2 rings (SSSR count). The zero-order chi connectivity index (χ0) is 14.5. The summed E-state index contributed by atoms with van der Waals surface area (Å²) in [6, 6.07) is 9.67. The number of nitrogens with zero attached hydrogens (tertiary/aromatic N) is 2. The first kappa shape index (κ1) is 13.8. The normalized spacial score (nSPS) is 10.4. The third-order valence-electron chi connectivity index (χ3n) is 2.94. The van der Waals surface area contributed by atoms with Crippen LogP contribution >= 0.6 is 0 Å². The number of rotatable bonds is 5. The first-order valence-electron chi connectivity index (χ1n) is 6.20. The lowest BCUT2D eigenvalue weighted by Crippen LogP contribution is -2.42. The standard InChI is InChI=1S/C14H15N3O3/c15-12(18)10-17-9-8-16(13(19)14(17)20)7-6-11-4-2-1-3-5-11/h1-5,8-9H,6-7,10H2,(H2,15,18). The van der Waals surface area contributed by atoms with Crippen molar-refractivity contribution in [2.24, 2.45) is 5.73 Å². The molecular weight excluding hydrogens is 258 g/mol. The summed E-state index contributed by atoms with van der Waals surface area (Å²) in [7, 11) is 0. The molecule has 0 aliphatic carbocycles. The Morgan fingerprint density at radius 1 is 1.00 bits per heavy atom. The van der Waals surface area contributed by atoms with E-state index >= 15 is 0 Å². The summed E-state index contributed by atoms with van der Waals surface area (Å²) in [5.41, 5.74) is 4.71. The summed E-state index contributed by atoms with van der Waals surface area (Å²) < 4.78 is 2.36. The van der Waals surface area contributed by atoms with Gasteiger partial charge in [0.1, 0.15) is 6.54 Å². The maximum absolute atomic E-state index is 11.9. The lowest BCUT2D eigenvalue weighted by atomic mass is 10.1. The van der Waals surface area contributed by atoms with Crippen molar-refractivity contribution in [3.05, 3.63) is 69.0 Å². The van der Waals surface area contributed by atoms with Crippen LogP contribution in [-0.4, -0.2) is 15.0 Å². The van der Waals surface area contributed by atoms with Crippen molar-refractivity contribution in [3.63, 3.8) is 0 Å². The van der Waals surface area contributed by atoms with Crippen LogP contribution in [0.1, 0.15) is 5.56 Å². The van der Waals surface area contributed by atoms with E-state index in [1.165, 1.54) is 17.0 Å². The van der Waals surface area contributed by atoms with Crippen molar-refractivity contribution < 1.29 is 4.79 Å². The van der Waals surface area contributed by atoms with Gasteiger partial charge in [0.15, 0.2) is 0 Å². The minimum Gasteiger partial charge on any atom is -0.368 e. The van der Waals surface area contributed by atoms with Crippen LogP contribution in [0.3, 0.4) is 0 Å². The summed E-state index contributed by atoms with van der Waals surface area (Å²) in [6.45, 7) is 0.128. The number of nitrogens with two attached hydrogens (primary N) is 1. The second-order valence-electron chi connectivity index (χ2n) is 4.43. The quantitative estimate of drug-likeness (QED) is 0.761. The molecule has 2 N–H and O–H groups in total. The van der Waals surface area contributed by atoms with E-state index in [0.717, 1.165) is 10.1 Å². The molecule has 6 heteroatoms. The molecule has 104 valence electrons. The van der Waals surface area contributed by atoms with Gasteiger partial charge in [0.25, 0.3) is 0 Å². The Morgan fingerprint density at radius 2 is 1.60 bits per heavy atom. The van der Waals surface area contributed by atoms with Gasteiger partial charge in [-0.15, -0.1) is 0 Å². The Morgan fingerprint density at radius 3 is 2.25 bits per heavy atom. The highest BCUT2D eigenvalue weighted by Crippen LogP contribution is 2.00. The highest BCUT2D eigenvalue weighted by molar-refractivity contribution is 5.73. The van der Waals surface area contributed by atoms with Crippen LogP contribution < -0.4 is 16.9 Å². The van der Waals surface area contributed by atoms with Gasteiger partial charge < -0.3 is 10.3 Å². The summed E-state index contributed by atoms with van der Waals surface area (Å²) in [5.74, 6) is -0.659. The molecule has 0 saturated heterocycles. The zero-order valence-corrected chi connectivity index (χ0v) is 10.9. The van der Waals surface area contributed by atoms with E-state index in [-0.39, 0.29) is 6.54 Å². The second kappa shape index (κ2) is 6.01. The Kier molecular flexibility index (Phi) is 4.14. The Labute approximate surface area is 115 Å². The topological polar surface area (TPSA) is 87.1 Å². The fourth-order valence-electron chi connectivity index (χ4n) is 1.90. The van der Waals surface area contributed by atoms with Crippen LogP contribution in [0.2, 0.25) is 0 Å². The molecule has 6 nitrogen and oxygen atoms in total. The van der Waals surface area contributed by atoms with Crippen molar-refractivity contribution >= 4 is 5.91 Å². The van der Waals surface area contributed by atoms with Crippen LogP contribution in [-0.2, 0) is 24.3 Å². The van der Waals surface area contributed by atoms with Gasteiger partial charge in [-0.1, -0.05) is 30.3 Å². The Bertz CT molecular complexity index is 716. The first-order valence-corrected chi connectivity index (χ1v) is 6.20. The van der Waals surface area contributed by atoms with Crippen LogP contribution in [0.15, 0.2) is 52.3 Å². The maximum Gasteiger partial charge on any atom is 0.316 e. The van der Waals surface area contributed by atoms with Crippen LogP contribution in [0.25, 0.3) is 0 Å². The number of hydrogen-bond donors (Lipinski definition) is 1. The molecule has 0 unspecified atom stereocenters. The van der Waals surface area contributed by atoms with Crippen molar-refractivity contribution in [2.45, 2.75) is 19.5 Å². The van der Waals surface area contributed by atoms with Gasteiger partial charge >= 0.3 is 11.1 Å². The predicted octanol–water partition coefficient (Wildman–Crippen LogP) is -0.262. The third-order valence-corrected chi connectivity index (χ3v) is 2.94. The minimum absolute atomic E-state index is 0.284. The minimum atomic E-state index is -0.737. The molecule has 0 aliphatic heterocycles. The number of benzene rings is 1.